The third kappa shape index (κ3) is 5.41. The minimum atomic E-state index is 0.0550. The van der Waals surface area contributed by atoms with Crippen LogP contribution in [-0.2, 0) is 4.79 Å². The Hall–Kier alpha value is -0.610. The Morgan fingerprint density at radius 3 is 2.25 bits per heavy atom. The largest absolute Gasteiger partial charge is 0.341 e. The molecule has 1 saturated carbocycles. The molecular weight excluding hydrogens is 250 g/mol. The number of nitrogens with zero attached hydrogens (tertiary/aromatic N) is 2. The minimum absolute atomic E-state index is 0.0550. The zero-order valence-corrected chi connectivity index (χ0v) is 13.9. The number of hydrogen-bond donors (Lipinski definition) is 1. The second-order valence-corrected chi connectivity index (χ2v) is 6.45. The highest BCUT2D eigenvalue weighted by Crippen LogP contribution is 2.31. The van der Waals surface area contributed by atoms with Crippen molar-refractivity contribution in [2.45, 2.75) is 57.4 Å². The Balaban J connectivity index is 2.58. The van der Waals surface area contributed by atoms with E-state index in [-0.39, 0.29) is 5.54 Å². The number of rotatable bonds is 8. The number of likely N-dealkylation sites (N-methyl/N-ethyl adjacent to an activating group) is 1. The molecule has 0 saturated heterocycles. The highest BCUT2D eigenvalue weighted by Gasteiger charge is 2.33. The summed E-state index contributed by atoms with van der Waals surface area (Å²) < 4.78 is 0. The van der Waals surface area contributed by atoms with Crippen LogP contribution in [0.3, 0.4) is 0 Å². The van der Waals surface area contributed by atoms with Gasteiger partial charge >= 0.3 is 0 Å². The number of amides is 1. The van der Waals surface area contributed by atoms with Gasteiger partial charge in [-0.2, -0.15) is 0 Å². The molecule has 20 heavy (non-hydrogen) atoms. The predicted molar refractivity (Wildman–Crippen MR) is 84.9 cm³/mol. The highest BCUT2D eigenvalue weighted by atomic mass is 16.2. The van der Waals surface area contributed by atoms with Crippen molar-refractivity contribution in [1.82, 2.24) is 15.1 Å². The van der Waals surface area contributed by atoms with Crippen LogP contribution in [0.4, 0.5) is 0 Å². The number of nitrogens with one attached hydrogen (secondary N) is 1. The zero-order valence-electron chi connectivity index (χ0n) is 13.9. The van der Waals surface area contributed by atoms with E-state index in [1.807, 2.05) is 11.9 Å². The van der Waals surface area contributed by atoms with E-state index in [2.05, 4.69) is 31.2 Å². The molecule has 0 heterocycles. The first-order valence-corrected chi connectivity index (χ1v) is 8.14. The quantitative estimate of drug-likeness (QED) is 0.741. The van der Waals surface area contributed by atoms with Crippen molar-refractivity contribution < 1.29 is 4.79 Å². The molecule has 4 heteroatoms. The molecule has 0 aliphatic heterocycles. The lowest BCUT2D eigenvalue weighted by Gasteiger charge is -2.38. The van der Waals surface area contributed by atoms with E-state index in [0.717, 1.165) is 38.9 Å². The van der Waals surface area contributed by atoms with Crippen LogP contribution in [-0.4, -0.2) is 62.0 Å². The molecule has 1 amide bonds. The molecule has 1 N–H and O–H groups in total. The summed E-state index contributed by atoms with van der Waals surface area (Å²) in [7, 11) is 6.14. The molecule has 1 fully saturated rings. The van der Waals surface area contributed by atoms with Crippen molar-refractivity contribution in [3.63, 3.8) is 0 Å². The summed E-state index contributed by atoms with van der Waals surface area (Å²) >= 11 is 0. The van der Waals surface area contributed by atoms with Gasteiger partial charge in [-0.05, 0) is 40.4 Å². The lowest BCUT2D eigenvalue weighted by atomic mass is 9.79. The molecule has 0 spiro atoms. The first-order valence-electron chi connectivity index (χ1n) is 8.14. The lowest BCUT2D eigenvalue weighted by Crippen LogP contribution is -2.49. The molecule has 4 nitrogen and oxygen atoms in total. The van der Waals surface area contributed by atoms with Gasteiger partial charge in [0.1, 0.15) is 0 Å². The van der Waals surface area contributed by atoms with E-state index in [4.69, 9.17) is 0 Å². The number of carbonyl (C=O) groups is 1. The van der Waals surface area contributed by atoms with Crippen molar-refractivity contribution in [3.05, 3.63) is 0 Å². The third-order valence-electron chi connectivity index (χ3n) is 4.49. The van der Waals surface area contributed by atoms with Crippen molar-refractivity contribution in [3.8, 4) is 0 Å². The second-order valence-electron chi connectivity index (χ2n) is 6.45. The molecule has 1 aliphatic rings. The van der Waals surface area contributed by atoms with Crippen molar-refractivity contribution in [2.24, 2.45) is 0 Å². The summed E-state index contributed by atoms with van der Waals surface area (Å²) in [5.41, 5.74) is 0.0550. The summed E-state index contributed by atoms with van der Waals surface area (Å²) in [6.07, 6.45) is 7.80. The monoisotopic (exact) mass is 283 g/mol. The Bertz CT molecular complexity index is 285. The van der Waals surface area contributed by atoms with Gasteiger partial charge in [0.25, 0.3) is 0 Å². The maximum absolute atomic E-state index is 12.6. The van der Waals surface area contributed by atoms with Gasteiger partial charge in [0, 0.05) is 31.6 Å². The van der Waals surface area contributed by atoms with Gasteiger partial charge in [-0.25, -0.2) is 0 Å². The van der Waals surface area contributed by atoms with Gasteiger partial charge in [0.05, 0.1) is 0 Å². The molecule has 0 atom stereocenters. The fourth-order valence-electron chi connectivity index (χ4n) is 3.10. The Labute approximate surface area is 124 Å². The second kappa shape index (κ2) is 8.63. The van der Waals surface area contributed by atoms with Crippen LogP contribution in [0, 0.1) is 0 Å². The van der Waals surface area contributed by atoms with E-state index in [1.54, 1.807) is 0 Å². The van der Waals surface area contributed by atoms with Crippen LogP contribution in [0.5, 0.6) is 0 Å². The van der Waals surface area contributed by atoms with E-state index in [0.29, 0.717) is 12.3 Å². The lowest BCUT2D eigenvalue weighted by molar-refractivity contribution is -0.133. The highest BCUT2D eigenvalue weighted by molar-refractivity contribution is 5.77. The molecule has 1 aliphatic carbocycles. The molecular formula is C16H33N3O. The number of carbonyl (C=O) groups excluding carboxylic acids is 1. The van der Waals surface area contributed by atoms with Gasteiger partial charge in [-0.3, -0.25) is 4.79 Å². The summed E-state index contributed by atoms with van der Waals surface area (Å²) in [5.74, 6) is 0.324. The molecule has 118 valence electrons. The smallest absolute Gasteiger partial charge is 0.224 e. The van der Waals surface area contributed by atoms with Crippen LogP contribution in [0.2, 0.25) is 0 Å². The Morgan fingerprint density at radius 1 is 1.10 bits per heavy atom. The predicted octanol–water partition coefficient (Wildman–Crippen LogP) is 2.10. The summed E-state index contributed by atoms with van der Waals surface area (Å²) in [5, 5.41) is 3.45. The molecule has 0 aromatic rings. The van der Waals surface area contributed by atoms with Crippen molar-refractivity contribution in [1.29, 1.82) is 0 Å². The third-order valence-corrected chi connectivity index (χ3v) is 4.49. The van der Waals surface area contributed by atoms with Crippen LogP contribution in [0.1, 0.15) is 51.9 Å². The van der Waals surface area contributed by atoms with E-state index in [1.165, 1.54) is 19.3 Å². The van der Waals surface area contributed by atoms with E-state index >= 15 is 0 Å². The fraction of sp³-hybridized carbons (Fsp3) is 0.938. The standard InChI is InChI=1S/C16H33N3O/c1-5-11-19(13-12-18(3)4)15(20)14-16(17-2)9-7-6-8-10-16/h17H,5-14H2,1-4H3. The van der Waals surface area contributed by atoms with Crippen molar-refractivity contribution in [2.75, 3.05) is 40.8 Å². The molecule has 0 aromatic carbocycles. The average Bonchev–Trinajstić information content (AvgIpc) is 2.44. The average molecular weight is 283 g/mol. The number of hydrogen-bond acceptors (Lipinski definition) is 3. The topological polar surface area (TPSA) is 35.6 Å². The van der Waals surface area contributed by atoms with Crippen molar-refractivity contribution >= 4 is 5.91 Å². The maximum atomic E-state index is 12.6. The molecule has 0 bridgehead atoms. The van der Waals surface area contributed by atoms with Crippen LogP contribution < -0.4 is 5.32 Å². The van der Waals surface area contributed by atoms with E-state index < -0.39 is 0 Å². The minimum Gasteiger partial charge on any atom is -0.341 e. The van der Waals surface area contributed by atoms with Crippen LogP contribution in [0.15, 0.2) is 0 Å². The van der Waals surface area contributed by atoms with Gasteiger partial charge in [0.15, 0.2) is 0 Å². The van der Waals surface area contributed by atoms with E-state index in [9.17, 15) is 4.79 Å². The molecule has 0 aromatic heterocycles. The van der Waals surface area contributed by atoms with Gasteiger partial charge < -0.3 is 15.1 Å². The van der Waals surface area contributed by atoms with Crippen LogP contribution >= 0.6 is 0 Å². The summed E-state index contributed by atoms with van der Waals surface area (Å²) in [6, 6.07) is 0. The summed E-state index contributed by atoms with van der Waals surface area (Å²) in [4.78, 5) is 16.8. The normalized spacial score (nSPS) is 18.2. The van der Waals surface area contributed by atoms with Gasteiger partial charge in [0.2, 0.25) is 5.91 Å². The SMILES string of the molecule is CCCN(CCN(C)C)C(=O)CC1(NC)CCCCC1. The fourth-order valence-corrected chi connectivity index (χ4v) is 3.10. The Morgan fingerprint density at radius 2 is 1.75 bits per heavy atom. The zero-order chi connectivity index (χ0) is 15.0. The van der Waals surface area contributed by atoms with Gasteiger partial charge in [-0.1, -0.05) is 26.2 Å². The first-order chi connectivity index (χ1) is 9.53. The first kappa shape index (κ1) is 17.4. The summed E-state index contributed by atoms with van der Waals surface area (Å²) in [6.45, 7) is 4.81. The molecule has 0 radical (unpaired) electrons. The van der Waals surface area contributed by atoms with Crippen LogP contribution in [0.25, 0.3) is 0 Å². The van der Waals surface area contributed by atoms with Gasteiger partial charge in [-0.15, -0.1) is 0 Å². The Kier molecular flexibility index (Phi) is 7.52. The maximum Gasteiger partial charge on any atom is 0.224 e. The molecule has 0 unspecified atom stereocenters. The molecule has 1 rings (SSSR count).